The predicted octanol–water partition coefficient (Wildman–Crippen LogP) is 1.32. The number of hydrogen-bond acceptors (Lipinski definition) is 2. The highest BCUT2D eigenvalue weighted by molar-refractivity contribution is 5.10. The van der Waals surface area contributed by atoms with Crippen molar-refractivity contribution in [3.63, 3.8) is 0 Å². The maximum absolute atomic E-state index is 3.33. The molecule has 0 aliphatic heterocycles. The fraction of sp³-hybridized carbons (Fsp3) is 0.600. The molecular weight excluding hydrogens is 148 g/mol. The first-order valence-corrected chi connectivity index (χ1v) is 4.45. The van der Waals surface area contributed by atoms with Gasteiger partial charge >= 0.3 is 0 Å². The fourth-order valence-electron chi connectivity index (χ4n) is 0.818. The monoisotopic (exact) mass is 168 g/mol. The van der Waals surface area contributed by atoms with Gasteiger partial charge in [0, 0.05) is 19.6 Å². The molecule has 0 aromatic rings. The van der Waals surface area contributed by atoms with E-state index in [1.165, 1.54) is 5.57 Å². The van der Waals surface area contributed by atoms with Crippen LogP contribution in [0.25, 0.3) is 0 Å². The normalized spacial score (nSPS) is 12.8. The SMILES string of the molecule is C/C=C\C=C(/C)CNCCNC. The van der Waals surface area contributed by atoms with Crippen LogP contribution >= 0.6 is 0 Å². The number of hydrogen-bond donors (Lipinski definition) is 2. The second kappa shape index (κ2) is 8.50. The van der Waals surface area contributed by atoms with Crippen LogP contribution in [0.1, 0.15) is 13.8 Å². The second-order valence-corrected chi connectivity index (χ2v) is 2.82. The first kappa shape index (κ1) is 11.4. The Hall–Kier alpha value is -0.600. The quantitative estimate of drug-likeness (QED) is 0.462. The Balaban J connectivity index is 3.36. The van der Waals surface area contributed by atoms with Crippen LogP contribution in [0.2, 0.25) is 0 Å². The molecule has 0 unspecified atom stereocenters. The van der Waals surface area contributed by atoms with Crippen molar-refractivity contribution in [2.75, 3.05) is 26.7 Å². The van der Waals surface area contributed by atoms with E-state index in [-0.39, 0.29) is 0 Å². The smallest absolute Gasteiger partial charge is 0.0165 e. The lowest BCUT2D eigenvalue weighted by Gasteiger charge is -2.03. The molecule has 0 saturated carbocycles. The molecule has 70 valence electrons. The van der Waals surface area contributed by atoms with E-state index in [0.717, 1.165) is 19.6 Å². The van der Waals surface area contributed by atoms with Crippen LogP contribution in [0.3, 0.4) is 0 Å². The summed E-state index contributed by atoms with van der Waals surface area (Å²) in [4.78, 5) is 0. The first-order valence-electron chi connectivity index (χ1n) is 4.45. The van der Waals surface area contributed by atoms with E-state index < -0.39 is 0 Å². The summed E-state index contributed by atoms with van der Waals surface area (Å²) in [5.41, 5.74) is 1.37. The lowest BCUT2D eigenvalue weighted by atomic mass is 10.2. The van der Waals surface area contributed by atoms with E-state index in [9.17, 15) is 0 Å². The van der Waals surface area contributed by atoms with Crippen LogP contribution in [-0.4, -0.2) is 26.7 Å². The van der Waals surface area contributed by atoms with Gasteiger partial charge in [-0.05, 0) is 20.9 Å². The molecular formula is C10H20N2. The Kier molecular flexibility index (Phi) is 8.07. The van der Waals surface area contributed by atoms with Gasteiger partial charge in [0.1, 0.15) is 0 Å². The minimum absolute atomic E-state index is 0.978. The zero-order valence-corrected chi connectivity index (χ0v) is 8.35. The van der Waals surface area contributed by atoms with E-state index in [1.54, 1.807) is 0 Å². The van der Waals surface area contributed by atoms with Gasteiger partial charge in [0.25, 0.3) is 0 Å². The molecule has 0 aliphatic carbocycles. The van der Waals surface area contributed by atoms with E-state index in [2.05, 4.69) is 29.7 Å². The van der Waals surface area contributed by atoms with Crippen LogP contribution in [0, 0.1) is 0 Å². The van der Waals surface area contributed by atoms with Crippen LogP contribution < -0.4 is 10.6 Å². The average molecular weight is 168 g/mol. The summed E-state index contributed by atoms with van der Waals surface area (Å²) < 4.78 is 0. The van der Waals surface area contributed by atoms with Gasteiger partial charge in [-0.1, -0.05) is 23.8 Å². The summed E-state index contributed by atoms with van der Waals surface area (Å²) >= 11 is 0. The lowest BCUT2D eigenvalue weighted by molar-refractivity contribution is 0.680. The highest BCUT2D eigenvalue weighted by atomic mass is 14.9. The summed E-state index contributed by atoms with van der Waals surface area (Å²) in [6, 6.07) is 0. The number of allylic oxidation sites excluding steroid dienone is 3. The third-order valence-electron chi connectivity index (χ3n) is 1.53. The first-order chi connectivity index (χ1) is 5.81. The molecule has 0 radical (unpaired) electrons. The Labute approximate surface area is 75.7 Å². The third-order valence-corrected chi connectivity index (χ3v) is 1.53. The fourth-order valence-corrected chi connectivity index (χ4v) is 0.818. The third kappa shape index (κ3) is 7.51. The summed E-state index contributed by atoms with van der Waals surface area (Å²) in [5, 5.41) is 6.42. The molecule has 0 heterocycles. The Bertz CT molecular complexity index is 148. The van der Waals surface area contributed by atoms with Gasteiger partial charge < -0.3 is 10.6 Å². The van der Waals surface area contributed by atoms with Crippen molar-refractivity contribution in [3.05, 3.63) is 23.8 Å². The van der Waals surface area contributed by atoms with Gasteiger partial charge in [-0.2, -0.15) is 0 Å². The summed E-state index contributed by atoms with van der Waals surface area (Å²) in [7, 11) is 1.96. The zero-order chi connectivity index (χ0) is 9.23. The number of likely N-dealkylation sites (N-methyl/N-ethyl adjacent to an activating group) is 1. The molecule has 0 rings (SSSR count). The van der Waals surface area contributed by atoms with Crippen molar-refractivity contribution in [1.82, 2.24) is 10.6 Å². The van der Waals surface area contributed by atoms with Crippen LogP contribution in [0.15, 0.2) is 23.8 Å². The maximum Gasteiger partial charge on any atom is 0.0165 e. The highest BCUT2D eigenvalue weighted by Crippen LogP contribution is 1.89. The van der Waals surface area contributed by atoms with Gasteiger partial charge in [0.05, 0.1) is 0 Å². The van der Waals surface area contributed by atoms with E-state index in [4.69, 9.17) is 0 Å². The van der Waals surface area contributed by atoms with Crippen molar-refractivity contribution < 1.29 is 0 Å². The highest BCUT2D eigenvalue weighted by Gasteiger charge is 1.86. The molecule has 0 fully saturated rings. The lowest BCUT2D eigenvalue weighted by Crippen LogP contribution is -2.26. The standard InChI is InChI=1S/C10H20N2/c1-4-5-6-10(2)9-12-8-7-11-3/h4-6,11-12H,7-9H2,1-3H3/b5-4-,10-6+. The molecule has 0 saturated heterocycles. The minimum atomic E-state index is 0.978. The summed E-state index contributed by atoms with van der Waals surface area (Å²) in [6.45, 7) is 7.19. The molecule has 0 aromatic carbocycles. The van der Waals surface area contributed by atoms with Crippen LogP contribution in [0.5, 0.6) is 0 Å². The Morgan fingerprint density at radius 2 is 2.08 bits per heavy atom. The molecule has 0 amide bonds. The van der Waals surface area contributed by atoms with E-state index >= 15 is 0 Å². The molecule has 0 bridgehead atoms. The Morgan fingerprint density at radius 1 is 1.33 bits per heavy atom. The van der Waals surface area contributed by atoms with Crippen molar-refractivity contribution in [1.29, 1.82) is 0 Å². The van der Waals surface area contributed by atoms with Gasteiger partial charge in [-0.15, -0.1) is 0 Å². The molecule has 2 nitrogen and oxygen atoms in total. The largest absolute Gasteiger partial charge is 0.318 e. The molecule has 0 aromatic heterocycles. The Morgan fingerprint density at radius 3 is 2.67 bits per heavy atom. The van der Waals surface area contributed by atoms with Crippen LogP contribution in [-0.2, 0) is 0 Å². The topological polar surface area (TPSA) is 24.1 Å². The maximum atomic E-state index is 3.33. The number of rotatable bonds is 6. The summed E-state index contributed by atoms with van der Waals surface area (Å²) in [6.07, 6.45) is 6.23. The van der Waals surface area contributed by atoms with Gasteiger partial charge in [0.15, 0.2) is 0 Å². The van der Waals surface area contributed by atoms with Crippen molar-refractivity contribution in [2.45, 2.75) is 13.8 Å². The number of nitrogens with one attached hydrogen (secondary N) is 2. The zero-order valence-electron chi connectivity index (χ0n) is 8.35. The van der Waals surface area contributed by atoms with Gasteiger partial charge in [-0.25, -0.2) is 0 Å². The van der Waals surface area contributed by atoms with Crippen molar-refractivity contribution >= 4 is 0 Å². The predicted molar refractivity (Wildman–Crippen MR) is 55.4 cm³/mol. The molecule has 0 atom stereocenters. The van der Waals surface area contributed by atoms with Gasteiger partial charge in [-0.3, -0.25) is 0 Å². The van der Waals surface area contributed by atoms with Crippen molar-refractivity contribution in [3.8, 4) is 0 Å². The van der Waals surface area contributed by atoms with Gasteiger partial charge in [0.2, 0.25) is 0 Å². The molecule has 2 heteroatoms. The second-order valence-electron chi connectivity index (χ2n) is 2.82. The van der Waals surface area contributed by atoms with E-state index in [1.807, 2.05) is 20.0 Å². The van der Waals surface area contributed by atoms with E-state index in [0.29, 0.717) is 0 Å². The molecule has 0 aliphatic rings. The summed E-state index contributed by atoms with van der Waals surface area (Å²) in [5.74, 6) is 0. The van der Waals surface area contributed by atoms with Crippen molar-refractivity contribution in [2.24, 2.45) is 0 Å². The molecule has 0 spiro atoms. The molecule has 12 heavy (non-hydrogen) atoms. The minimum Gasteiger partial charge on any atom is -0.318 e. The average Bonchev–Trinajstić information content (AvgIpc) is 2.09. The molecule has 2 N–H and O–H groups in total. The van der Waals surface area contributed by atoms with Crippen LogP contribution in [0.4, 0.5) is 0 Å².